The van der Waals surface area contributed by atoms with Crippen LogP contribution in [0.2, 0.25) is 0 Å². The van der Waals surface area contributed by atoms with Gasteiger partial charge in [0.1, 0.15) is 23.0 Å². The summed E-state index contributed by atoms with van der Waals surface area (Å²) < 4.78 is 69.3. The van der Waals surface area contributed by atoms with Crippen molar-refractivity contribution in [2.75, 3.05) is 0 Å². The minimum absolute atomic E-state index is 0.0129. The van der Waals surface area contributed by atoms with Crippen molar-refractivity contribution in [2.45, 2.75) is 63.1 Å². The monoisotopic (exact) mass is 488 g/mol. The maximum absolute atomic E-state index is 14.6. The Kier molecular flexibility index (Phi) is 7.59. The van der Waals surface area contributed by atoms with Crippen LogP contribution in [0.1, 0.15) is 63.0 Å². The molecule has 1 aliphatic rings. The van der Waals surface area contributed by atoms with Crippen molar-refractivity contribution in [1.29, 1.82) is 0 Å². The number of hydrogen-bond acceptors (Lipinski definition) is 0. The Morgan fingerprint density at radius 1 is 0.867 bits per heavy atom. The minimum atomic E-state index is -3.84. The van der Waals surface area contributed by atoms with Crippen molar-refractivity contribution in [2.24, 2.45) is 11.8 Å². The van der Waals surface area contributed by atoms with Crippen molar-refractivity contribution < 1.29 is 22.0 Å². The number of halogens is 6. The van der Waals surface area contributed by atoms with Gasteiger partial charge < -0.3 is 0 Å². The molecule has 0 aliphatic heterocycles. The zero-order valence-corrected chi connectivity index (χ0v) is 18.6. The minimum Gasteiger partial charge on any atom is -0.206 e. The molecule has 6 heteroatoms. The summed E-state index contributed by atoms with van der Waals surface area (Å²) in [4.78, 5) is -3.84. The molecule has 1 saturated carbocycles. The molecular weight excluding hydrogens is 463 g/mol. The molecule has 1 aliphatic carbocycles. The molecule has 0 amide bonds. The summed E-state index contributed by atoms with van der Waals surface area (Å²) in [7, 11) is 0. The summed E-state index contributed by atoms with van der Waals surface area (Å²) in [5.74, 6) is -1.96. The average Bonchev–Trinajstić information content (AvgIpc) is 2.66. The molecule has 0 N–H and O–H groups in total. The quantitative estimate of drug-likeness (QED) is 0.269. The van der Waals surface area contributed by atoms with Gasteiger partial charge in [0, 0.05) is 5.56 Å². The van der Waals surface area contributed by atoms with Crippen molar-refractivity contribution in [3.8, 4) is 11.1 Å². The summed E-state index contributed by atoms with van der Waals surface area (Å²) >= 11 is 1.97. The normalized spacial score (nSPS) is 19.8. The number of alkyl halides is 3. The third-order valence-corrected chi connectivity index (χ3v) is 6.57. The molecule has 0 nitrogen and oxygen atoms in total. The average molecular weight is 489 g/mol. The van der Waals surface area contributed by atoms with Gasteiger partial charge >= 0.3 is 4.83 Å². The Balaban J connectivity index is 1.67. The van der Waals surface area contributed by atoms with E-state index >= 15 is 0 Å². The number of rotatable bonds is 7. The smallest absolute Gasteiger partial charge is 0.206 e. The predicted molar refractivity (Wildman–Crippen MR) is 113 cm³/mol. The maximum Gasteiger partial charge on any atom is 0.332 e. The molecule has 2 aromatic rings. The first-order valence-electron chi connectivity index (χ1n) is 10.5. The van der Waals surface area contributed by atoms with Gasteiger partial charge in [-0.1, -0.05) is 57.6 Å². The van der Waals surface area contributed by atoms with Crippen molar-refractivity contribution in [3.63, 3.8) is 0 Å². The molecule has 0 atom stereocenters. The second kappa shape index (κ2) is 9.80. The van der Waals surface area contributed by atoms with E-state index in [0.717, 1.165) is 36.5 Å². The van der Waals surface area contributed by atoms with E-state index in [2.05, 4.69) is 6.92 Å². The first-order valence-corrected chi connectivity index (χ1v) is 11.3. The van der Waals surface area contributed by atoms with E-state index in [4.69, 9.17) is 0 Å². The molecule has 3 rings (SSSR count). The lowest BCUT2D eigenvalue weighted by molar-refractivity contribution is 0.105. The van der Waals surface area contributed by atoms with Crippen LogP contribution in [0.3, 0.4) is 0 Å². The van der Waals surface area contributed by atoms with Crippen LogP contribution in [0, 0.1) is 29.3 Å². The first kappa shape index (κ1) is 23.2. The molecule has 0 radical (unpaired) electrons. The Morgan fingerprint density at radius 2 is 1.43 bits per heavy atom. The zero-order valence-electron chi connectivity index (χ0n) is 17.0. The first-order chi connectivity index (χ1) is 14.2. The molecule has 0 bridgehead atoms. The number of hydrogen-bond donors (Lipinski definition) is 0. The van der Waals surface area contributed by atoms with Gasteiger partial charge in [-0.05, 0) is 69.9 Å². The van der Waals surface area contributed by atoms with Gasteiger partial charge in [0.15, 0.2) is 0 Å². The van der Waals surface area contributed by atoms with Gasteiger partial charge in [0.25, 0.3) is 0 Å². The number of aryl methyl sites for hydroxylation is 1. The van der Waals surface area contributed by atoms with Gasteiger partial charge in [-0.3, -0.25) is 0 Å². The van der Waals surface area contributed by atoms with Gasteiger partial charge in [0.2, 0.25) is 0 Å². The van der Waals surface area contributed by atoms with Crippen LogP contribution in [0.15, 0.2) is 30.3 Å². The molecule has 30 heavy (non-hydrogen) atoms. The lowest BCUT2D eigenvalue weighted by Gasteiger charge is -2.28. The van der Waals surface area contributed by atoms with Crippen LogP contribution in [-0.2, 0) is 11.3 Å². The van der Waals surface area contributed by atoms with Gasteiger partial charge in [-0.25, -0.2) is 13.2 Å². The van der Waals surface area contributed by atoms with Crippen LogP contribution in [-0.4, -0.2) is 0 Å². The summed E-state index contributed by atoms with van der Waals surface area (Å²) in [6.45, 7) is 2.22. The Hall–Kier alpha value is -1.43. The molecule has 0 spiro atoms. The maximum atomic E-state index is 14.6. The molecular formula is C24H26BrF5. The van der Waals surface area contributed by atoms with E-state index in [9.17, 15) is 22.0 Å². The summed E-state index contributed by atoms with van der Waals surface area (Å²) in [5, 5.41) is 0. The highest BCUT2D eigenvalue weighted by atomic mass is 79.9. The highest BCUT2D eigenvalue weighted by molar-refractivity contribution is 9.09. The van der Waals surface area contributed by atoms with Crippen molar-refractivity contribution >= 4 is 15.9 Å². The molecule has 1 fully saturated rings. The number of benzene rings is 2. The SMILES string of the molecule is CCCC1CCC(CCc2ccc(-c3cc(F)c(C(F)(F)Br)c(F)c3)c(F)c2)CC1. The highest BCUT2D eigenvalue weighted by Crippen LogP contribution is 2.40. The largest absolute Gasteiger partial charge is 0.332 e. The fraction of sp³-hybridized carbons (Fsp3) is 0.500. The third-order valence-electron chi connectivity index (χ3n) is 6.17. The van der Waals surface area contributed by atoms with Crippen LogP contribution in [0.25, 0.3) is 11.1 Å². The van der Waals surface area contributed by atoms with E-state index in [-0.39, 0.29) is 11.1 Å². The van der Waals surface area contributed by atoms with Gasteiger partial charge in [-0.2, -0.15) is 8.78 Å². The topological polar surface area (TPSA) is 0 Å². The van der Waals surface area contributed by atoms with E-state index in [1.54, 1.807) is 6.07 Å². The molecule has 0 aromatic heterocycles. The lowest BCUT2D eigenvalue weighted by atomic mass is 9.78. The second-order valence-electron chi connectivity index (χ2n) is 8.34. The van der Waals surface area contributed by atoms with E-state index in [1.165, 1.54) is 50.7 Å². The molecule has 0 unspecified atom stereocenters. The fourth-order valence-electron chi connectivity index (χ4n) is 4.54. The Bertz CT molecular complexity index is 843. The van der Waals surface area contributed by atoms with Crippen molar-refractivity contribution in [1.82, 2.24) is 0 Å². The van der Waals surface area contributed by atoms with Crippen LogP contribution in [0.4, 0.5) is 22.0 Å². The van der Waals surface area contributed by atoms with Crippen molar-refractivity contribution in [3.05, 3.63) is 58.9 Å². The molecule has 0 saturated heterocycles. The van der Waals surface area contributed by atoms with Crippen LogP contribution in [0.5, 0.6) is 0 Å². The Morgan fingerprint density at radius 3 is 1.93 bits per heavy atom. The van der Waals surface area contributed by atoms with Gasteiger partial charge in [0.05, 0.1) is 0 Å². The predicted octanol–water partition coefficient (Wildman–Crippen LogP) is 8.75. The third kappa shape index (κ3) is 5.63. The summed E-state index contributed by atoms with van der Waals surface area (Å²) in [6, 6.07) is 6.05. The standard InChI is InChI=1S/C24H26BrF5/c1-2-3-15-4-6-16(7-5-15)8-9-17-10-11-19(20(26)12-17)18-13-21(27)23(22(28)14-18)24(25,29)30/h10-16H,2-9H2,1H3. The second-order valence-corrected chi connectivity index (χ2v) is 9.34. The molecule has 0 heterocycles. The molecule has 164 valence electrons. The van der Waals surface area contributed by atoms with Crippen LogP contribution >= 0.6 is 15.9 Å². The Labute approximate surface area is 183 Å². The van der Waals surface area contributed by atoms with Gasteiger partial charge in [-0.15, -0.1) is 0 Å². The van der Waals surface area contributed by atoms with E-state index in [0.29, 0.717) is 5.92 Å². The fourth-order valence-corrected chi connectivity index (χ4v) is 4.91. The lowest BCUT2D eigenvalue weighted by Crippen LogP contribution is -2.15. The molecule has 2 aromatic carbocycles. The summed E-state index contributed by atoms with van der Waals surface area (Å²) in [5.41, 5.74) is -0.668. The highest BCUT2D eigenvalue weighted by Gasteiger charge is 2.35. The zero-order chi connectivity index (χ0) is 21.9. The van der Waals surface area contributed by atoms with E-state index < -0.39 is 27.8 Å². The summed E-state index contributed by atoms with van der Waals surface area (Å²) in [6.07, 6.45) is 9.25. The van der Waals surface area contributed by atoms with Crippen LogP contribution < -0.4 is 0 Å². The van der Waals surface area contributed by atoms with E-state index in [1.807, 2.05) is 15.9 Å².